The van der Waals surface area contributed by atoms with E-state index in [1.54, 1.807) is 0 Å². The Morgan fingerprint density at radius 2 is 2.10 bits per heavy atom. The Labute approximate surface area is 128 Å². The molecule has 2 rings (SSSR count). The van der Waals surface area contributed by atoms with E-state index in [1.807, 2.05) is 31.2 Å². The van der Waals surface area contributed by atoms with Crippen molar-refractivity contribution in [1.82, 2.24) is 5.32 Å². The van der Waals surface area contributed by atoms with Crippen LogP contribution in [-0.2, 0) is 13.2 Å². The average Bonchev–Trinajstić information content (AvgIpc) is 2.79. The number of ether oxygens (including phenoxy) is 1. The highest BCUT2D eigenvalue weighted by atomic mass is 79.9. The Balaban J connectivity index is 1.94. The zero-order valence-corrected chi connectivity index (χ0v) is 13.5. The molecule has 108 valence electrons. The number of furan rings is 1. The van der Waals surface area contributed by atoms with Gasteiger partial charge in [-0.1, -0.05) is 19.1 Å². The number of nitrogens with one attached hydrogen (secondary N) is 1. The molecule has 0 radical (unpaired) electrons. The van der Waals surface area contributed by atoms with Crippen LogP contribution >= 0.6 is 15.9 Å². The molecule has 1 aromatic heterocycles. The fourth-order valence-electron chi connectivity index (χ4n) is 1.92. The molecule has 0 atom stereocenters. The van der Waals surface area contributed by atoms with E-state index in [2.05, 4.69) is 34.2 Å². The van der Waals surface area contributed by atoms with E-state index < -0.39 is 0 Å². The van der Waals surface area contributed by atoms with Crippen molar-refractivity contribution in [1.29, 1.82) is 0 Å². The molecule has 20 heavy (non-hydrogen) atoms. The molecule has 0 amide bonds. The first-order chi connectivity index (χ1) is 9.70. The van der Waals surface area contributed by atoms with Gasteiger partial charge in [0.2, 0.25) is 0 Å². The predicted octanol–water partition coefficient (Wildman–Crippen LogP) is 4.43. The third-order valence-electron chi connectivity index (χ3n) is 3.02. The Bertz CT molecular complexity index is 551. The summed E-state index contributed by atoms with van der Waals surface area (Å²) in [5, 5.41) is 3.33. The fraction of sp³-hybridized carbons (Fsp3) is 0.375. The highest BCUT2D eigenvalue weighted by molar-refractivity contribution is 9.10. The van der Waals surface area contributed by atoms with Gasteiger partial charge in [-0.15, -0.1) is 0 Å². The third-order valence-corrected chi connectivity index (χ3v) is 3.67. The van der Waals surface area contributed by atoms with Gasteiger partial charge in [-0.2, -0.15) is 0 Å². The summed E-state index contributed by atoms with van der Waals surface area (Å²) in [4.78, 5) is 0. The molecule has 0 fully saturated rings. The van der Waals surface area contributed by atoms with Crippen LogP contribution in [0.5, 0.6) is 5.75 Å². The van der Waals surface area contributed by atoms with E-state index >= 15 is 0 Å². The van der Waals surface area contributed by atoms with E-state index in [9.17, 15) is 0 Å². The van der Waals surface area contributed by atoms with Crippen molar-refractivity contribution in [3.63, 3.8) is 0 Å². The van der Waals surface area contributed by atoms with E-state index in [-0.39, 0.29) is 0 Å². The lowest BCUT2D eigenvalue weighted by atomic mass is 10.2. The maximum atomic E-state index is 5.82. The normalized spacial score (nSPS) is 10.8. The van der Waals surface area contributed by atoms with Crippen molar-refractivity contribution in [3.8, 4) is 5.75 Å². The lowest BCUT2D eigenvalue weighted by Gasteiger charge is -2.06. The molecule has 2 aromatic rings. The van der Waals surface area contributed by atoms with Crippen molar-refractivity contribution in [2.45, 2.75) is 33.4 Å². The minimum Gasteiger partial charge on any atom is -0.488 e. The standard InChI is InChI=1S/C16H20BrNO2/c1-3-8-18-10-14-9-13(12(2)20-14)11-19-16-7-5-4-6-15(16)17/h4-7,9,18H,3,8,10-11H2,1-2H3. The first-order valence-electron chi connectivity index (χ1n) is 6.87. The summed E-state index contributed by atoms with van der Waals surface area (Å²) >= 11 is 3.48. The molecule has 0 saturated heterocycles. The zero-order chi connectivity index (χ0) is 14.4. The summed E-state index contributed by atoms with van der Waals surface area (Å²) in [6.45, 7) is 6.41. The second-order valence-corrected chi connectivity index (χ2v) is 5.54. The molecular formula is C16H20BrNO2. The van der Waals surface area contributed by atoms with Crippen molar-refractivity contribution in [2.75, 3.05) is 6.54 Å². The molecule has 0 unspecified atom stereocenters. The molecule has 0 bridgehead atoms. The van der Waals surface area contributed by atoms with Gasteiger partial charge >= 0.3 is 0 Å². The van der Waals surface area contributed by atoms with E-state index in [4.69, 9.17) is 9.15 Å². The molecule has 0 spiro atoms. The number of rotatable bonds is 7. The molecule has 1 N–H and O–H groups in total. The fourth-order valence-corrected chi connectivity index (χ4v) is 2.32. The SMILES string of the molecule is CCCNCc1cc(COc2ccccc2Br)c(C)o1. The van der Waals surface area contributed by atoms with Gasteiger partial charge < -0.3 is 14.5 Å². The molecule has 0 saturated carbocycles. The van der Waals surface area contributed by atoms with E-state index in [0.29, 0.717) is 6.61 Å². The monoisotopic (exact) mass is 337 g/mol. The number of aryl methyl sites for hydroxylation is 1. The summed E-state index contributed by atoms with van der Waals surface area (Å²) < 4.78 is 12.5. The lowest BCUT2D eigenvalue weighted by Crippen LogP contribution is -2.13. The average molecular weight is 338 g/mol. The maximum Gasteiger partial charge on any atom is 0.133 e. The smallest absolute Gasteiger partial charge is 0.133 e. The van der Waals surface area contributed by atoms with Gasteiger partial charge in [0, 0.05) is 5.56 Å². The van der Waals surface area contributed by atoms with Crippen molar-refractivity contribution in [3.05, 3.63) is 51.9 Å². The Morgan fingerprint density at radius 3 is 2.85 bits per heavy atom. The third kappa shape index (κ3) is 4.12. The minimum absolute atomic E-state index is 0.520. The quantitative estimate of drug-likeness (QED) is 0.759. The second kappa shape index (κ2) is 7.50. The summed E-state index contributed by atoms with van der Waals surface area (Å²) in [6.07, 6.45) is 1.12. The van der Waals surface area contributed by atoms with Crippen molar-refractivity contribution >= 4 is 15.9 Å². The number of benzene rings is 1. The van der Waals surface area contributed by atoms with E-state index in [1.165, 1.54) is 0 Å². The van der Waals surface area contributed by atoms with Gasteiger partial charge in [0.25, 0.3) is 0 Å². The topological polar surface area (TPSA) is 34.4 Å². The van der Waals surface area contributed by atoms with Crippen molar-refractivity contribution < 1.29 is 9.15 Å². The molecule has 3 nitrogen and oxygen atoms in total. The van der Waals surface area contributed by atoms with Crippen LogP contribution in [0.2, 0.25) is 0 Å². The highest BCUT2D eigenvalue weighted by Crippen LogP contribution is 2.25. The van der Waals surface area contributed by atoms with E-state index in [0.717, 1.165) is 46.8 Å². The first-order valence-corrected chi connectivity index (χ1v) is 7.66. The minimum atomic E-state index is 0.520. The molecule has 0 aliphatic carbocycles. The zero-order valence-electron chi connectivity index (χ0n) is 11.9. The number of hydrogen-bond acceptors (Lipinski definition) is 3. The van der Waals surface area contributed by atoms with Crippen LogP contribution in [0.15, 0.2) is 39.2 Å². The highest BCUT2D eigenvalue weighted by Gasteiger charge is 2.08. The van der Waals surface area contributed by atoms with Gasteiger partial charge in [0.1, 0.15) is 23.9 Å². The van der Waals surface area contributed by atoms with Gasteiger partial charge in [-0.3, -0.25) is 0 Å². The van der Waals surface area contributed by atoms with Gasteiger partial charge in [0.05, 0.1) is 11.0 Å². The van der Waals surface area contributed by atoms with Crippen LogP contribution in [0.1, 0.15) is 30.4 Å². The number of halogens is 1. The van der Waals surface area contributed by atoms with Crippen LogP contribution in [-0.4, -0.2) is 6.54 Å². The summed E-state index contributed by atoms with van der Waals surface area (Å²) in [7, 11) is 0. The number of hydrogen-bond donors (Lipinski definition) is 1. The first kappa shape index (κ1) is 15.1. The molecule has 0 aliphatic rings. The predicted molar refractivity (Wildman–Crippen MR) is 83.9 cm³/mol. The molecular weight excluding hydrogens is 318 g/mol. The van der Waals surface area contributed by atoms with Crippen LogP contribution in [0.25, 0.3) is 0 Å². The molecule has 0 aliphatic heterocycles. The van der Waals surface area contributed by atoms with Crippen LogP contribution in [0.3, 0.4) is 0 Å². The summed E-state index contributed by atoms with van der Waals surface area (Å²) in [5.41, 5.74) is 1.09. The van der Waals surface area contributed by atoms with Crippen LogP contribution in [0.4, 0.5) is 0 Å². The van der Waals surface area contributed by atoms with Gasteiger partial charge in [-0.05, 0) is 54.0 Å². The largest absolute Gasteiger partial charge is 0.488 e. The van der Waals surface area contributed by atoms with Crippen molar-refractivity contribution in [2.24, 2.45) is 0 Å². The molecule has 4 heteroatoms. The second-order valence-electron chi connectivity index (χ2n) is 4.69. The Kier molecular flexibility index (Phi) is 5.68. The summed E-state index contributed by atoms with van der Waals surface area (Å²) in [5.74, 6) is 2.73. The van der Waals surface area contributed by atoms with Gasteiger partial charge in [-0.25, -0.2) is 0 Å². The molecule has 1 aromatic carbocycles. The lowest BCUT2D eigenvalue weighted by molar-refractivity contribution is 0.301. The van der Waals surface area contributed by atoms with Crippen LogP contribution < -0.4 is 10.1 Å². The Morgan fingerprint density at radius 1 is 1.30 bits per heavy atom. The molecule has 1 heterocycles. The Hall–Kier alpha value is -1.26. The van der Waals surface area contributed by atoms with Crippen LogP contribution in [0, 0.1) is 6.92 Å². The summed E-state index contributed by atoms with van der Waals surface area (Å²) in [6, 6.07) is 9.91. The number of para-hydroxylation sites is 1. The van der Waals surface area contributed by atoms with Gasteiger partial charge in [0.15, 0.2) is 0 Å². The maximum absolute atomic E-state index is 5.82.